The second-order valence-electron chi connectivity index (χ2n) is 13.7. The van der Waals surface area contributed by atoms with E-state index in [2.05, 4.69) is 105 Å². The van der Waals surface area contributed by atoms with Crippen LogP contribution < -0.4 is 0 Å². The molecule has 9 aromatic rings. The van der Waals surface area contributed by atoms with Gasteiger partial charge in [0.2, 0.25) is 0 Å². The van der Waals surface area contributed by atoms with Crippen LogP contribution in [0, 0.1) is 0 Å². The average Bonchev–Trinajstić information content (AvgIpc) is 3.65. The number of fused-ring (bicyclic) bond motifs is 7. The predicted molar refractivity (Wildman–Crippen MR) is 204 cm³/mol. The van der Waals surface area contributed by atoms with Gasteiger partial charge in [0.1, 0.15) is 11.2 Å². The van der Waals surface area contributed by atoms with Crippen molar-refractivity contribution in [2.75, 3.05) is 0 Å². The summed E-state index contributed by atoms with van der Waals surface area (Å²) in [6.07, 6.45) is 0. The van der Waals surface area contributed by atoms with Crippen molar-refractivity contribution in [3.8, 4) is 56.4 Å². The number of para-hydroxylation sites is 1. The highest BCUT2D eigenvalue weighted by atomic mass is 16.3. The summed E-state index contributed by atoms with van der Waals surface area (Å²) >= 11 is 0. The molecule has 1 aliphatic rings. The van der Waals surface area contributed by atoms with Crippen LogP contribution in [-0.4, -0.2) is 15.0 Å². The molecule has 0 saturated carbocycles. The molecule has 0 amide bonds. The highest BCUT2D eigenvalue weighted by Gasteiger charge is 2.35. The summed E-state index contributed by atoms with van der Waals surface area (Å²) in [6, 6.07) is 53.2. The number of aromatic nitrogens is 3. The van der Waals surface area contributed by atoms with Gasteiger partial charge >= 0.3 is 0 Å². The molecule has 0 bridgehead atoms. The summed E-state index contributed by atoms with van der Waals surface area (Å²) in [6.45, 7) is 4.66. The minimum Gasteiger partial charge on any atom is -0.456 e. The molecule has 4 heteroatoms. The minimum absolute atomic E-state index is 0.0435. The molecule has 7 aromatic carbocycles. The number of furan rings is 1. The van der Waals surface area contributed by atoms with E-state index in [1.54, 1.807) is 0 Å². The van der Waals surface area contributed by atoms with Crippen LogP contribution >= 0.6 is 0 Å². The van der Waals surface area contributed by atoms with E-state index < -0.39 is 0 Å². The van der Waals surface area contributed by atoms with Gasteiger partial charge in [-0.25, -0.2) is 15.0 Å². The zero-order valence-electron chi connectivity index (χ0n) is 27.7. The van der Waals surface area contributed by atoms with Crippen LogP contribution in [0.4, 0.5) is 0 Å². The Hall–Kier alpha value is -6.39. The van der Waals surface area contributed by atoms with Crippen molar-refractivity contribution in [2.45, 2.75) is 19.3 Å². The van der Waals surface area contributed by atoms with Gasteiger partial charge in [-0.2, -0.15) is 0 Å². The van der Waals surface area contributed by atoms with Gasteiger partial charge in [0.05, 0.1) is 0 Å². The van der Waals surface area contributed by atoms with Crippen molar-refractivity contribution in [3.05, 3.63) is 163 Å². The summed E-state index contributed by atoms with van der Waals surface area (Å²) in [5.41, 5.74) is 12.2. The van der Waals surface area contributed by atoms with E-state index in [9.17, 15) is 0 Å². The molecule has 2 aromatic heterocycles. The lowest BCUT2D eigenvalue weighted by Crippen LogP contribution is -2.14. The Labute approximate surface area is 289 Å². The lowest BCUT2D eigenvalue weighted by Gasteiger charge is -2.21. The minimum atomic E-state index is -0.0435. The first-order valence-corrected chi connectivity index (χ1v) is 17.0. The monoisotopic (exact) mass is 641 g/mol. The fraction of sp³-hybridized carbons (Fsp3) is 0.0652. The fourth-order valence-corrected chi connectivity index (χ4v) is 7.68. The van der Waals surface area contributed by atoms with Gasteiger partial charge in [0.15, 0.2) is 17.5 Å². The summed E-state index contributed by atoms with van der Waals surface area (Å²) in [4.78, 5) is 15.1. The molecule has 1 aliphatic carbocycles. The molecule has 0 N–H and O–H groups in total. The lowest BCUT2D eigenvalue weighted by atomic mass is 9.82. The summed E-state index contributed by atoms with van der Waals surface area (Å²) < 4.78 is 6.10. The largest absolute Gasteiger partial charge is 0.456 e. The predicted octanol–water partition coefficient (Wildman–Crippen LogP) is 11.9. The van der Waals surface area contributed by atoms with E-state index in [1.165, 1.54) is 33.0 Å². The molecular formula is C46H31N3O. The van der Waals surface area contributed by atoms with Crippen molar-refractivity contribution in [1.29, 1.82) is 0 Å². The molecule has 0 saturated heterocycles. The zero-order chi connectivity index (χ0) is 33.4. The topological polar surface area (TPSA) is 51.8 Å². The van der Waals surface area contributed by atoms with Gasteiger partial charge in [0, 0.05) is 32.9 Å². The van der Waals surface area contributed by atoms with Crippen molar-refractivity contribution in [3.63, 3.8) is 0 Å². The lowest BCUT2D eigenvalue weighted by molar-refractivity contribution is 0.661. The Kier molecular flexibility index (Phi) is 6.19. The average molecular weight is 642 g/mol. The molecule has 236 valence electrons. The molecule has 50 heavy (non-hydrogen) atoms. The van der Waals surface area contributed by atoms with Crippen LogP contribution in [0.2, 0.25) is 0 Å². The molecular weight excluding hydrogens is 611 g/mol. The number of nitrogens with zero attached hydrogens (tertiary/aromatic N) is 3. The number of hydrogen-bond donors (Lipinski definition) is 0. The van der Waals surface area contributed by atoms with E-state index >= 15 is 0 Å². The van der Waals surface area contributed by atoms with Crippen molar-refractivity contribution >= 4 is 32.7 Å². The summed E-state index contributed by atoms with van der Waals surface area (Å²) in [7, 11) is 0. The molecule has 4 nitrogen and oxygen atoms in total. The molecule has 0 aliphatic heterocycles. The first kappa shape index (κ1) is 28.6. The standard InChI is InChI=1S/C46H31N3O/c1-46(2)39-17-8-6-15-35(39)37-25-31-20-19-30(24-34(31)27-40(37)46)29-13-10-14-32(23-29)44-47-43(28-11-4-3-5-12-28)48-45(49-44)33-21-22-42-38(26-33)36-16-7-9-18-41(36)50-42/h3-27H,1-2H3. The van der Waals surface area contributed by atoms with Gasteiger partial charge in [0.25, 0.3) is 0 Å². The van der Waals surface area contributed by atoms with E-state index in [-0.39, 0.29) is 5.41 Å². The molecule has 0 fully saturated rings. The number of hydrogen-bond acceptors (Lipinski definition) is 4. The van der Waals surface area contributed by atoms with Crippen molar-refractivity contribution < 1.29 is 4.42 Å². The fourth-order valence-electron chi connectivity index (χ4n) is 7.68. The highest BCUT2D eigenvalue weighted by Crippen LogP contribution is 2.50. The smallest absolute Gasteiger partial charge is 0.164 e. The Balaban J connectivity index is 1.08. The number of benzene rings is 7. The van der Waals surface area contributed by atoms with Crippen LogP contribution in [0.25, 0.3) is 89.1 Å². The van der Waals surface area contributed by atoms with Gasteiger partial charge in [-0.15, -0.1) is 0 Å². The second-order valence-corrected chi connectivity index (χ2v) is 13.7. The SMILES string of the molecule is CC1(C)c2ccccc2-c2cc3ccc(-c4cccc(-c5nc(-c6ccccc6)nc(-c6ccc7oc8ccccc8c7c6)n5)c4)cc3cc21. The van der Waals surface area contributed by atoms with Gasteiger partial charge in [-0.1, -0.05) is 117 Å². The van der Waals surface area contributed by atoms with Crippen LogP contribution in [0.15, 0.2) is 156 Å². The molecule has 2 heterocycles. The van der Waals surface area contributed by atoms with Crippen LogP contribution in [0.3, 0.4) is 0 Å². The maximum atomic E-state index is 6.10. The normalized spacial score (nSPS) is 13.2. The van der Waals surface area contributed by atoms with E-state index in [0.29, 0.717) is 17.5 Å². The first-order chi connectivity index (χ1) is 24.5. The Morgan fingerprint density at radius 3 is 1.90 bits per heavy atom. The Morgan fingerprint density at radius 2 is 1.04 bits per heavy atom. The Morgan fingerprint density at radius 1 is 0.400 bits per heavy atom. The molecule has 0 spiro atoms. The van der Waals surface area contributed by atoms with Gasteiger partial charge < -0.3 is 4.42 Å². The van der Waals surface area contributed by atoms with Crippen molar-refractivity contribution in [1.82, 2.24) is 15.0 Å². The molecule has 0 atom stereocenters. The first-order valence-electron chi connectivity index (χ1n) is 17.0. The van der Waals surface area contributed by atoms with Gasteiger partial charge in [-0.05, 0) is 92.7 Å². The maximum absolute atomic E-state index is 6.10. The van der Waals surface area contributed by atoms with E-state index in [1.807, 2.05) is 60.7 Å². The second kappa shape index (κ2) is 10.8. The van der Waals surface area contributed by atoms with Crippen LogP contribution in [-0.2, 0) is 5.41 Å². The summed E-state index contributed by atoms with van der Waals surface area (Å²) in [5, 5.41) is 4.59. The molecule has 0 radical (unpaired) electrons. The third-order valence-electron chi connectivity index (χ3n) is 10.3. The quantitative estimate of drug-likeness (QED) is 0.192. The van der Waals surface area contributed by atoms with Crippen molar-refractivity contribution in [2.24, 2.45) is 0 Å². The van der Waals surface area contributed by atoms with E-state index in [4.69, 9.17) is 19.4 Å². The van der Waals surface area contributed by atoms with Crippen LogP contribution in [0.1, 0.15) is 25.0 Å². The molecule has 0 unspecified atom stereocenters. The zero-order valence-corrected chi connectivity index (χ0v) is 27.7. The van der Waals surface area contributed by atoms with E-state index in [0.717, 1.165) is 49.8 Å². The maximum Gasteiger partial charge on any atom is 0.164 e. The third kappa shape index (κ3) is 4.49. The Bertz CT molecular complexity index is 2790. The highest BCUT2D eigenvalue weighted by molar-refractivity contribution is 6.06. The van der Waals surface area contributed by atoms with Gasteiger partial charge in [-0.3, -0.25) is 0 Å². The molecule has 10 rings (SSSR count). The van der Waals surface area contributed by atoms with Crippen LogP contribution in [0.5, 0.6) is 0 Å². The number of rotatable bonds is 4. The third-order valence-corrected chi connectivity index (χ3v) is 10.3. The summed E-state index contributed by atoms with van der Waals surface area (Å²) in [5.74, 6) is 1.89.